The maximum absolute atomic E-state index is 12.0. The Bertz CT molecular complexity index is 852. The van der Waals surface area contributed by atoms with Gasteiger partial charge in [-0.05, 0) is 90.8 Å². The molecule has 2 aromatic rings. The number of rotatable bonds is 4. The number of hydrazone groups is 1. The van der Waals surface area contributed by atoms with Gasteiger partial charge in [0, 0.05) is 5.56 Å². The first-order chi connectivity index (χ1) is 13.1. The first kappa shape index (κ1) is 17.0. The van der Waals surface area contributed by atoms with E-state index < -0.39 is 0 Å². The number of phenolic OH excluding ortho intramolecular Hbond substituents is 1. The second-order valence-corrected chi connectivity index (χ2v) is 9.60. The molecule has 0 spiro atoms. The number of nitrogens with one attached hydrogen (secondary N) is 1. The molecule has 4 bridgehead atoms. The van der Waals surface area contributed by atoms with Crippen LogP contribution in [0.4, 0.5) is 0 Å². The number of hydrogen-bond acceptors (Lipinski definition) is 4. The van der Waals surface area contributed by atoms with E-state index in [1.54, 1.807) is 18.3 Å². The van der Waals surface area contributed by atoms with Crippen LogP contribution in [0.1, 0.15) is 59.3 Å². The van der Waals surface area contributed by atoms with Gasteiger partial charge in [0.2, 0.25) is 0 Å². The van der Waals surface area contributed by atoms with Gasteiger partial charge in [-0.15, -0.1) is 11.3 Å². The SMILES string of the molecule is O=C(N/N=C\c1cc(C23CC4CC(CC(C4)C2)C3)ccc1O)c1cccs1. The maximum Gasteiger partial charge on any atom is 0.281 e. The molecule has 0 saturated heterocycles. The molecule has 27 heavy (non-hydrogen) atoms. The Balaban J connectivity index is 1.37. The number of amides is 1. The van der Waals surface area contributed by atoms with Crippen LogP contribution in [0.5, 0.6) is 5.75 Å². The summed E-state index contributed by atoms with van der Waals surface area (Å²) in [5.41, 5.74) is 4.84. The van der Waals surface area contributed by atoms with E-state index in [0.717, 1.165) is 17.8 Å². The maximum atomic E-state index is 12.0. The zero-order valence-corrected chi connectivity index (χ0v) is 16.0. The lowest BCUT2D eigenvalue weighted by atomic mass is 9.48. The van der Waals surface area contributed by atoms with Crippen molar-refractivity contribution in [2.45, 2.75) is 43.9 Å². The van der Waals surface area contributed by atoms with Crippen molar-refractivity contribution < 1.29 is 9.90 Å². The number of carbonyl (C=O) groups is 1. The molecule has 1 heterocycles. The average molecular weight is 381 g/mol. The zero-order valence-electron chi connectivity index (χ0n) is 15.2. The summed E-state index contributed by atoms with van der Waals surface area (Å²) < 4.78 is 0. The van der Waals surface area contributed by atoms with E-state index in [1.165, 1.54) is 55.4 Å². The fraction of sp³-hybridized carbons (Fsp3) is 0.455. The Morgan fingerprint density at radius 2 is 1.85 bits per heavy atom. The fourth-order valence-electron chi connectivity index (χ4n) is 6.08. The van der Waals surface area contributed by atoms with Gasteiger partial charge in [0.15, 0.2) is 0 Å². The van der Waals surface area contributed by atoms with Crippen molar-refractivity contribution in [1.82, 2.24) is 5.43 Å². The molecule has 0 aliphatic heterocycles. The molecule has 4 nitrogen and oxygen atoms in total. The van der Waals surface area contributed by atoms with E-state index in [1.807, 2.05) is 11.4 Å². The van der Waals surface area contributed by atoms with Gasteiger partial charge >= 0.3 is 0 Å². The molecule has 0 radical (unpaired) electrons. The van der Waals surface area contributed by atoms with E-state index in [0.29, 0.717) is 10.4 Å². The summed E-state index contributed by atoms with van der Waals surface area (Å²) in [6.07, 6.45) is 9.67. The van der Waals surface area contributed by atoms with Crippen LogP contribution in [-0.2, 0) is 5.41 Å². The molecule has 4 saturated carbocycles. The summed E-state index contributed by atoms with van der Waals surface area (Å²) in [7, 11) is 0. The largest absolute Gasteiger partial charge is 0.507 e. The molecule has 5 heteroatoms. The van der Waals surface area contributed by atoms with Gasteiger partial charge in [-0.1, -0.05) is 12.1 Å². The van der Waals surface area contributed by atoms with Gasteiger partial charge in [-0.25, -0.2) is 5.43 Å². The second kappa shape index (κ2) is 6.48. The number of carbonyl (C=O) groups excluding carboxylic acids is 1. The van der Waals surface area contributed by atoms with Crippen molar-refractivity contribution in [3.05, 3.63) is 51.7 Å². The highest BCUT2D eigenvalue weighted by Gasteiger charge is 2.51. The van der Waals surface area contributed by atoms with Crippen molar-refractivity contribution >= 4 is 23.5 Å². The monoisotopic (exact) mass is 380 g/mol. The van der Waals surface area contributed by atoms with E-state index >= 15 is 0 Å². The summed E-state index contributed by atoms with van der Waals surface area (Å²) in [5.74, 6) is 2.63. The Hall–Kier alpha value is -2.14. The Kier molecular flexibility index (Phi) is 4.08. The molecule has 0 atom stereocenters. The standard InChI is InChI=1S/C22H24N2O2S/c25-19-4-3-18(22-10-14-6-15(11-22)8-16(7-14)12-22)9-17(19)13-23-24-21(26)20-2-1-5-27-20/h1-5,9,13-16,25H,6-8,10-12H2,(H,24,26)/b23-13-. The second-order valence-electron chi connectivity index (χ2n) is 8.65. The van der Waals surface area contributed by atoms with Crippen LogP contribution in [0, 0.1) is 17.8 Å². The molecule has 1 aromatic carbocycles. The first-order valence-corrected chi connectivity index (χ1v) is 10.7. The van der Waals surface area contributed by atoms with Crippen LogP contribution in [0.3, 0.4) is 0 Å². The lowest BCUT2D eigenvalue weighted by Gasteiger charge is -2.57. The van der Waals surface area contributed by atoms with Gasteiger partial charge in [0.05, 0.1) is 11.1 Å². The van der Waals surface area contributed by atoms with Crippen molar-refractivity contribution in [2.24, 2.45) is 22.9 Å². The van der Waals surface area contributed by atoms with Crippen LogP contribution in [-0.4, -0.2) is 17.2 Å². The molecule has 0 unspecified atom stereocenters. The smallest absolute Gasteiger partial charge is 0.281 e. The predicted molar refractivity (Wildman–Crippen MR) is 107 cm³/mol. The van der Waals surface area contributed by atoms with E-state index in [-0.39, 0.29) is 17.1 Å². The number of hydrogen-bond donors (Lipinski definition) is 2. The van der Waals surface area contributed by atoms with E-state index in [4.69, 9.17) is 0 Å². The molecule has 4 fully saturated rings. The summed E-state index contributed by atoms with van der Waals surface area (Å²) >= 11 is 1.38. The first-order valence-electron chi connectivity index (χ1n) is 9.82. The summed E-state index contributed by atoms with van der Waals surface area (Å²) in [5, 5.41) is 16.2. The molecule has 2 N–H and O–H groups in total. The molecule has 140 valence electrons. The third kappa shape index (κ3) is 3.08. The zero-order chi connectivity index (χ0) is 18.4. The van der Waals surface area contributed by atoms with Gasteiger partial charge in [0.25, 0.3) is 5.91 Å². The predicted octanol–water partition coefficient (Wildman–Crippen LogP) is 4.69. The fourth-order valence-corrected chi connectivity index (χ4v) is 6.69. The van der Waals surface area contributed by atoms with Crippen LogP contribution >= 0.6 is 11.3 Å². The molecular weight excluding hydrogens is 356 g/mol. The van der Waals surface area contributed by atoms with E-state index in [9.17, 15) is 9.90 Å². The number of thiophene rings is 1. The minimum atomic E-state index is -0.224. The van der Waals surface area contributed by atoms with Crippen LogP contribution in [0.15, 0.2) is 40.8 Å². The van der Waals surface area contributed by atoms with Gasteiger partial charge in [-0.3, -0.25) is 4.79 Å². The number of phenols is 1. The van der Waals surface area contributed by atoms with Gasteiger partial charge in [0.1, 0.15) is 5.75 Å². The van der Waals surface area contributed by atoms with Crippen LogP contribution in [0.2, 0.25) is 0 Å². The summed E-state index contributed by atoms with van der Waals surface area (Å²) in [6, 6.07) is 9.58. The number of benzene rings is 1. The van der Waals surface area contributed by atoms with E-state index in [2.05, 4.69) is 22.7 Å². The lowest BCUT2D eigenvalue weighted by molar-refractivity contribution is -0.00520. The normalized spacial score (nSPS) is 31.5. The summed E-state index contributed by atoms with van der Waals surface area (Å²) in [6.45, 7) is 0. The highest BCUT2D eigenvalue weighted by atomic mass is 32.1. The van der Waals surface area contributed by atoms with Crippen molar-refractivity contribution in [3.63, 3.8) is 0 Å². The van der Waals surface area contributed by atoms with Crippen molar-refractivity contribution in [3.8, 4) is 5.75 Å². The van der Waals surface area contributed by atoms with Crippen LogP contribution < -0.4 is 5.43 Å². The van der Waals surface area contributed by atoms with Gasteiger partial charge in [-0.2, -0.15) is 5.10 Å². The molecule has 1 aromatic heterocycles. The topological polar surface area (TPSA) is 61.7 Å². The van der Waals surface area contributed by atoms with Gasteiger partial charge < -0.3 is 5.11 Å². The molecule has 4 aliphatic rings. The molecular formula is C22H24N2O2S. The molecule has 4 aliphatic carbocycles. The lowest BCUT2D eigenvalue weighted by Crippen LogP contribution is -2.48. The minimum Gasteiger partial charge on any atom is -0.507 e. The molecule has 1 amide bonds. The number of nitrogens with zero attached hydrogens (tertiary/aromatic N) is 1. The summed E-state index contributed by atoms with van der Waals surface area (Å²) in [4.78, 5) is 12.6. The average Bonchev–Trinajstić information content (AvgIpc) is 3.17. The molecule has 6 rings (SSSR count). The third-order valence-electron chi connectivity index (χ3n) is 6.79. The Morgan fingerprint density at radius 3 is 2.48 bits per heavy atom. The third-order valence-corrected chi connectivity index (χ3v) is 7.66. The Labute approximate surface area is 163 Å². The highest BCUT2D eigenvalue weighted by Crippen LogP contribution is 2.60. The Morgan fingerprint density at radius 1 is 1.15 bits per heavy atom. The van der Waals surface area contributed by atoms with Crippen molar-refractivity contribution in [2.75, 3.05) is 0 Å². The van der Waals surface area contributed by atoms with Crippen molar-refractivity contribution in [1.29, 1.82) is 0 Å². The highest BCUT2D eigenvalue weighted by molar-refractivity contribution is 7.12. The number of aromatic hydroxyl groups is 1. The minimum absolute atomic E-state index is 0.206. The quantitative estimate of drug-likeness (QED) is 0.597. The van der Waals surface area contributed by atoms with Crippen LogP contribution in [0.25, 0.3) is 0 Å².